The summed E-state index contributed by atoms with van der Waals surface area (Å²) in [6.07, 6.45) is 4.45. The number of furan rings is 1. The lowest BCUT2D eigenvalue weighted by Gasteiger charge is -2.35. The first-order valence-electron chi connectivity index (χ1n) is 10.5. The van der Waals surface area contributed by atoms with E-state index in [0.717, 1.165) is 36.9 Å². The van der Waals surface area contributed by atoms with E-state index in [2.05, 4.69) is 58.7 Å². The van der Waals surface area contributed by atoms with Crippen molar-refractivity contribution in [1.82, 2.24) is 19.8 Å². The van der Waals surface area contributed by atoms with Crippen molar-refractivity contribution in [1.29, 1.82) is 0 Å². The van der Waals surface area contributed by atoms with Crippen LogP contribution in [0.25, 0.3) is 11.0 Å². The largest absolute Gasteiger partial charge is 0.459 e. The molecule has 0 aliphatic carbocycles. The second-order valence-corrected chi connectivity index (χ2v) is 8.84. The van der Waals surface area contributed by atoms with Crippen LogP contribution in [0.3, 0.4) is 0 Å². The highest BCUT2D eigenvalue weighted by atomic mass is 16.3. The average molecular weight is 379 g/mol. The predicted molar refractivity (Wildman–Crippen MR) is 111 cm³/mol. The normalized spacial score (nSPS) is 23.5. The van der Waals surface area contributed by atoms with Crippen molar-refractivity contribution in [2.45, 2.75) is 52.7 Å². The molecule has 3 saturated heterocycles. The molecule has 1 aromatic carbocycles. The topological polar surface area (TPSA) is 48.3 Å². The van der Waals surface area contributed by atoms with Crippen LogP contribution in [-0.2, 0) is 13.1 Å². The van der Waals surface area contributed by atoms with Crippen LogP contribution >= 0.6 is 0 Å². The fraction of sp³-hybridized carbons (Fsp3) is 0.522. The third kappa shape index (κ3) is 3.27. The Kier molecular flexibility index (Phi) is 4.52. The number of aryl methyl sites for hydroxylation is 3. The Morgan fingerprint density at radius 2 is 2.00 bits per heavy atom. The van der Waals surface area contributed by atoms with E-state index in [1.165, 1.54) is 53.8 Å². The van der Waals surface area contributed by atoms with Crippen molar-refractivity contribution in [3.63, 3.8) is 0 Å². The summed E-state index contributed by atoms with van der Waals surface area (Å²) >= 11 is 0. The zero-order valence-electron chi connectivity index (χ0n) is 17.2. The summed E-state index contributed by atoms with van der Waals surface area (Å²) in [6.45, 7) is 11.8. The molecule has 0 unspecified atom stereocenters. The molecular weight excluding hydrogens is 348 g/mol. The van der Waals surface area contributed by atoms with Gasteiger partial charge in [0.25, 0.3) is 0 Å². The third-order valence-electron chi connectivity index (χ3n) is 6.75. The minimum atomic E-state index is 0.604. The Balaban J connectivity index is 1.34. The second-order valence-electron chi connectivity index (χ2n) is 8.84. The van der Waals surface area contributed by atoms with E-state index in [9.17, 15) is 0 Å². The van der Waals surface area contributed by atoms with Crippen molar-refractivity contribution >= 4 is 11.0 Å². The number of benzene rings is 1. The first kappa shape index (κ1) is 18.0. The number of rotatable bonds is 4. The second kappa shape index (κ2) is 7.05. The van der Waals surface area contributed by atoms with Gasteiger partial charge in [-0.05, 0) is 57.2 Å². The molecule has 0 amide bonds. The van der Waals surface area contributed by atoms with E-state index < -0.39 is 0 Å². The van der Waals surface area contributed by atoms with E-state index in [1.54, 1.807) is 0 Å². The summed E-state index contributed by atoms with van der Waals surface area (Å²) in [5.41, 5.74) is 6.01. The SMILES string of the molecule is Cc1ccc2oc(CN3C[C@H]4CC[C@@H]3CN(Cc3nc[nH]c3C)C4)c(C)c2c1. The van der Waals surface area contributed by atoms with Gasteiger partial charge in [-0.2, -0.15) is 0 Å². The maximum absolute atomic E-state index is 6.26. The number of hydrogen-bond donors (Lipinski definition) is 1. The third-order valence-corrected chi connectivity index (χ3v) is 6.75. The van der Waals surface area contributed by atoms with Gasteiger partial charge in [0.1, 0.15) is 11.3 Å². The van der Waals surface area contributed by atoms with Crippen molar-refractivity contribution in [2.75, 3.05) is 19.6 Å². The monoisotopic (exact) mass is 378 g/mol. The molecule has 28 heavy (non-hydrogen) atoms. The fourth-order valence-electron chi connectivity index (χ4n) is 5.08. The average Bonchev–Trinajstić information content (AvgIpc) is 3.07. The Labute approximate surface area is 166 Å². The van der Waals surface area contributed by atoms with Crippen LogP contribution in [0.1, 0.15) is 41.1 Å². The van der Waals surface area contributed by atoms with Crippen LogP contribution in [0.4, 0.5) is 0 Å². The minimum Gasteiger partial charge on any atom is -0.459 e. The maximum atomic E-state index is 6.26. The van der Waals surface area contributed by atoms with Crippen molar-refractivity contribution in [3.8, 4) is 0 Å². The van der Waals surface area contributed by atoms with Gasteiger partial charge in [0.05, 0.1) is 18.6 Å². The first-order valence-corrected chi connectivity index (χ1v) is 10.5. The van der Waals surface area contributed by atoms with Crippen molar-refractivity contribution in [2.24, 2.45) is 5.92 Å². The lowest BCUT2D eigenvalue weighted by Crippen LogP contribution is -2.43. The Hall–Kier alpha value is -2.11. The molecule has 3 aliphatic heterocycles. The van der Waals surface area contributed by atoms with Crippen LogP contribution in [0.15, 0.2) is 28.9 Å². The molecule has 3 fully saturated rings. The van der Waals surface area contributed by atoms with E-state index in [4.69, 9.17) is 4.42 Å². The van der Waals surface area contributed by atoms with E-state index in [1.807, 2.05) is 6.33 Å². The Morgan fingerprint density at radius 1 is 1.11 bits per heavy atom. The predicted octanol–water partition coefficient (Wildman–Crippen LogP) is 4.18. The number of imidazole rings is 1. The standard InChI is InChI=1S/C23H30N4O/c1-15-4-7-22-20(8-15)16(2)23(28-22)13-27-10-18-5-6-19(27)11-26(9-18)12-21-17(3)24-14-25-21/h4,7-8,14,18-19H,5-6,9-13H2,1-3H3,(H,24,25)/t18-,19+/m0/s1. The molecule has 0 saturated carbocycles. The smallest absolute Gasteiger partial charge is 0.134 e. The molecule has 5 heterocycles. The van der Waals surface area contributed by atoms with Gasteiger partial charge in [0.2, 0.25) is 0 Å². The molecule has 3 aromatic rings. The van der Waals surface area contributed by atoms with Crippen LogP contribution in [-0.4, -0.2) is 45.4 Å². The number of H-pyrrole nitrogens is 1. The molecule has 6 rings (SSSR count). The molecular formula is C23H30N4O. The number of piperidine rings is 1. The number of aromatic nitrogens is 2. The van der Waals surface area contributed by atoms with Gasteiger partial charge in [-0.15, -0.1) is 0 Å². The molecule has 5 heteroatoms. The summed E-state index contributed by atoms with van der Waals surface area (Å²) < 4.78 is 6.26. The first-order chi connectivity index (χ1) is 13.6. The molecule has 3 aliphatic rings. The molecule has 2 bridgehead atoms. The maximum Gasteiger partial charge on any atom is 0.134 e. The van der Waals surface area contributed by atoms with E-state index >= 15 is 0 Å². The highest BCUT2D eigenvalue weighted by molar-refractivity contribution is 5.82. The molecule has 5 nitrogen and oxygen atoms in total. The Bertz CT molecular complexity index is 988. The van der Waals surface area contributed by atoms with Gasteiger partial charge in [-0.1, -0.05) is 11.6 Å². The lowest BCUT2D eigenvalue weighted by atomic mass is 9.95. The summed E-state index contributed by atoms with van der Waals surface area (Å²) in [7, 11) is 0. The quantitative estimate of drug-likeness (QED) is 0.740. The lowest BCUT2D eigenvalue weighted by molar-refractivity contribution is 0.114. The Morgan fingerprint density at radius 3 is 2.82 bits per heavy atom. The fourth-order valence-corrected chi connectivity index (χ4v) is 5.08. The van der Waals surface area contributed by atoms with Gasteiger partial charge >= 0.3 is 0 Å². The number of aromatic amines is 1. The molecule has 2 atom stereocenters. The number of nitrogens with zero attached hydrogens (tertiary/aromatic N) is 3. The van der Waals surface area contributed by atoms with Gasteiger partial charge in [-0.3, -0.25) is 9.80 Å². The zero-order chi connectivity index (χ0) is 19.3. The highest BCUT2D eigenvalue weighted by Crippen LogP contribution is 2.33. The molecule has 2 aromatic heterocycles. The molecule has 148 valence electrons. The van der Waals surface area contributed by atoms with Crippen LogP contribution < -0.4 is 0 Å². The number of fused-ring (bicyclic) bond motifs is 5. The summed E-state index contributed by atoms with van der Waals surface area (Å²) in [5.74, 6) is 1.88. The summed E-state index contributed by atoms with van der Waals surface area (Å²) in [4.78, 5) is 13.0. The zero-order valence-corrected chi connectivity index (χ0v) is 17.2. The van der Waals surface area contributed by atoms with E-state index in [0.29, 0.717) is 6.04 Å². The van der Waals surface area contributed by atoms with Gasteiger partial charge in [-0.25, -0.2) is 4.98 Å². The van der Waals surface area contributed by atoms with Gasteiger partial charge < -0.3 is 9.40 Å². The number of hydrogen-bond acceptors (Lipinski definition) is 4. The van der Waals surface area contributed by atoms with Gasteiger partial charge in [0, 0.05) is 43.3 Å². The van der Waals surface area contributed by atoms with Crippen molar-refractivity contribution < 1.29 is 4.42 Å². The molecule has 1 N–H and O–H groups in total. The summed E-state index contributed by atoms with van der Waals surface area (Å²) in [6, 6.07) is 7.11. The van der Waals surface area contributed by atoms with Crippen molar-refractivity contribution in [3.05, 3.63) is 52.8 Å². The molecule has 0 radical (unpaired) electrons. The summed E-state index contributed by atoms with van der Waals surface area (Å²) in [5, 5.41) is 1.27. The molecule has 0 spiro atoms. The number of nitrogens with one attached hydrogen (secondary N) is 1. The van der Waals surface area contributed by atoms with Gasteiger partial charge in [0.15, 0.2) is 0 Å². The van der Waals surface area contributed by atoms with Crippen LogP contribution in [0.5, 0.6) is 0 Å². The van der Waals surface area contributed by atoms with Crippen LogP contribution in [0, 0.1) is 26.7 Å². The minimum absolute atomic E-state index is 0.604. The highest BCUT2D eigenvalue weighted by Gasteiger charge is 2.35. The van der Waals surface area contributed by atoms with Crippen LogP contribution in [0.2, 0.25) is 0 Å². The van der Waals surface area contributed by atoms with E-state index in [-0.39, 0.29) is 0 Å².